The van der Waals surface area contributed by atoms with E-state index < -0.39 is 0 Å². The zero-order valence-electron chi connectivity index (χ0n) is 16.3. The van der Waals surface area contributed by atoms with Crippen LogP contribution in [-0.2, 0) is 12.8 Å². The standard InChI is InChI=1S/C26H28/c1-4-18-12-16(2)13-24-22(14-17(3)25(18)24)15-21-11-10-20-9-8-19-6-5-7-23(21)26(19)20/h4,7,10-13,22H,5-6,8-9,14-15H2,1-3H3. The Kier molecular flexibility index (Phi) is 3.71. The molecule has 26 heavy (non-hydrogen) atoms. The van der Waals surface area contributed by atoms with Gasteiger partial charge in [-0.15, -0.1) is 0 Å². The molecule has 0 aromatic heterocycles. The number of aryl methyl sites for hydroxylation is 2. The molecule has 2 aromatic carbocycles. The van der Waals surface area contributed by atoms with Gasteiger partial charge in [0, 0.05) is 0 Å². The molecule has 3 aliphatic rings. The van der Waals surface area contributed by atoms with E-state index in [1.807, 2.05) is 0 Å². The minimum Gasteiger partial charge on any atom is -0.0798 e. The number of benzene rings is 2. The predicted octanol–water partition coefficient (Wildman–Crippen LogP) is 3.37. The van der Waals surface area contributed by atoms with E-state index in [1.165, 1.54) is 54.5 Å². The Morgan fingerprint density at radius 2 is 1.92 bits per heavy atom. The Morgan fingerprint density at radius 3 is 2.77 bits per heavy atom. The second-order valence-electron chi connectivity index (χ2n) is 8.51. The van der Waals surface area contributed by atoms with Gasteiger partial charge in [-0.3, -0.25) is 0 Å². The van der Waals surface area contributed by atoms with E-state index in [0.29, 0.717) is 5.92 Å². The summed E-state index contributed by atoms with van der Waals surface area (Å²) in [6, 6.07) is 9.66. The molecule has 5 rings (SSSR count). The lowest BCUT2D eigenvalue weighted by atomic mass is 9.88. The average Bonchev–Trinajstić information content (AvgIpc) is 3.19. The fraction of sp³-hybridized carbons (Fsp3) is 0.385. The second-order valence-corrected chi connectivity index (χ2v) is 8.51. The smallest absolute Gasteiger partial charge is 0.00776 e. The van der Waals surface area contributed by atoms with Gasteiger partial charge >= 0.3 is 0 Å². The molecule has 0 spiro atoms. The van der Waals surface area contributed by atoms with Crippen molar-refractivity contribution in [1.82, 2.24) is 0 Å². The van der Waals surface area contributed by atoms with Crippen LogP contribution in [0.15, 0.2) is 24.3 Å². The predicted molar refractivity (Wildman–Crippen MR) is 112 cm³/mol. The first kappa shape index (κ1) is 16.1. The monoisotopic (exact) mass is 340 g/mol. The number of hydrogen-bond acceptors (Lipinski definition) is 0. The quantitative estimate of drug-likeness (QED) is 0.786. The summed E-state index contributed by atoms with van der Waals surface area (Å²) in [5.74, 6) is 0.637. The van der Waals surface area contributed by atoms with E-state index in [0.717, 1.165) is 0 Å². The lowest BCUT2D eigenvalue weighted by Crippen LogP contribution is -2.34. The molecule has 0 N–H and O–H groups in total. The topological polar surface area (TPSA) is 0 Å². The highest BCUT2D eigenvalue weighted by atomic mass is 14.3. The molecule has 0 bridgehead atoms. The molecule has 0 heteroatoms. The van der Waals surface area contributed by atoms with Crippen LogP contribution in [0.1, 0.15) is 67.7 Å². The minimum absolute atomic E-state index is 0.637. The fourth-order valence-corrected chi connectivity index (χ4v) is 5.71. The van der Waals surface area contributed by atoms with Gasteiger partial charge < -0.3 is 0 Å². The lowest BCUT2D eigenvalue weighted by Gasteiger charge is -2.16. The van der Waals surface area contributed by atoms with Crippen molar-refractivity contribution in [3.63, 3.8) is 0 Å². The normalized spacial score (nSPS) is 21.0. The maximum absolute atomic E-state index is 2.52. The molecule has 0 saturated heterocycles. The third-order valence-corrected chi connectivity index (χ3v) is 6.81. The van der Waals surface area contributed by atoms with Crippen LogP contribution in [0, 0.1) is 6.92 Å². The van der Waals surface area contributed by atoms with Gasteiger partial charge in [0.2, 0.25) is 0 Å². The first-order valence-corrected chi connectivity index (χ1v) is 10.3. The SMILES string of the molecule is CC=c1cc(C)cc2c1=C(C)CC2Cc1ccc2c3c1=CCCC=3CC2. The summed E-state index contributed by atoms with van der Waals surface area (Å²) in [4.78, 5) is 0. The highest BCUT2D eigenvalue weighted by Gasteiger charge is 2.24. The van der Waals surface area contributed by atoms with E-state index in [4.69, 9.17) is 0 Å². The van der Waals surface area contributed by atoms with Crippen LogP contribution in [0.25, 0.3) is 23.3 Å². The van der Waals surface area contributed by atoms with Gasteiger partial charge in [-0.1, -0.05) is 53.1 Å². The van der Waals surface area contributed by atoms with Crippen LogP contribution in [-0.4, -0.2) is 0 Å². The Hall–Kier alpha value is -2.08. The number of hydrogen-bond donors (Lipinski definition) is 0. The molecule has 3 aliphatic carbocycles. The first-order chi connectivity index (χ1) is 12.7. The van der Waals surface area contributed by atoms with Gasteiger partial charge in [0.1, 0.15) is 0 Å². The summed E-state index contributed by atoms with van der Waals surface area (Å²) in [6.07, 6.45) is 12.3. The molecule has 0 fully saturated rings. The summed E-state index contributed by atoms with van der Waals surface area (Å²) >= 11 is 0. The number of fused-ring (bicyclic) bond motifs is 1. The third kappa shape index (κ3) is 2.35. The van der Waals surface area contributed by atoms with Crippen molar-refractivity contribution in [1.29, 1.82) is 0 Å². The summed E-state index contributed by atoms with van der Waals surface area (Å²) in [5, 5.41) is 6.19. The van der Waals surface area contributed by atoms with Gasteiger partial charge in [0.05, 0.1) is 0 Å². The molecule has 0 nitrogen and oxygen atoms in total. The molecule has 1 unspecified atom stereocenters. The van der Waals surface area contributed by atoms with Gasteiger partial charge in [0.15, 0.2) is 0 Å². The van der Waals surface area contributed by atoms with Crippen molar-refractivity contribution >= 4 is 23.3 Å². The summed E-state index contributed by atoms with van der Waals surface area (Å²) in [7, 11) is 0. The van der Waals surface area contributed by atoms with E-state index in [-0.39, 0.29) is 0 Å². The molecule has 0 radical (unpaired) electrons. The summed E-state index contributed by atoms with van der Waals surface area (Å²) in [6.45, 7) is 6.75. The molecular formula is C26H28. The molecule has 132 valence electrons. The van der Waals surface area contributed by atoms with Crippen molar-refractivity contribution in [2.24, 2.45) is 0 Å². The van der Waals surface area contributed by atoms with Crippen LogP contribution in [0.4, 0.5) is 0 Å². The highest BCUT2D eigenvalue weighted by Crippen LogP contribution is 2.30. The molecule has 2 aromatic rings. The summed E-state index contributed by atoms with van der Waals surface area (Å²) in [5.41, 5.74) is 9.47. The molecule has 0 amide bonds. The number of rotatable bonds is 2. The van der Waals surface area contributed by atoms with Gasteiger partial charge in [-0.05, 0) is 103 Å². The largest absolute Gasteiger partial charge is 0.0798 e. The van der Waals surface area contributed by atoms with E-state index in [1.54, 1.807) is 38.3 Å². The van der Waals surface area contributed by atoms with Crippen molar-refractivity contribution in [3.8, 4) is 0 Å². The first-order valence-electron chi connectivity index (χ1n) is 10.3. The van der Waals surface area contributed by atoms with Crippen molar-refractivity contribution < 1.29 is 0 Å². The lowest BCUT2D eigenvalue weighted by molar-refractivity contribution is 0.715. The second kappa shape index (κ2) is 5.98. The van der Waals surface area contributed by atoms with E-state index >= 15 is 0 Å². The van der Waals surface area contributed by atoms with Gasteiger partial charge in [-0.25, -0.2) is 0 Å². The minimum atomic E-state index is 0.637. The molecule has 1 atom stereocenters. The van der Waals surface area contributed by atoms with Crippen LogP contribution < -0.4 is 20.9 Å². The highest BCUT2D eigenvalue weighted by molar-refractivity contribution is 5.59. The Bertz CT molecular complexity index is 1160. The average molecular weight is 341 g/mol. The van der Waals surface area contributed by atoms with Crippen LogP contribution >= 0.6 is 0 Å². The fourth-order valence-electron chi connectivity index (χ4n) is 5.71. The van der Waals surface area contributed by atoms with Crippen LogP contribution in [0.5, 0.6) is 0 Å². The third-order valence-electron chi connectivity index (χ3n) is 6.81. The van der Waals surface area contributed by atoms with E-state index in [2.05, 4.69) is 57.2 Å². The van der Waals surface area contributed by atoms with Crippen molar-refractivity contribution in [2.45, 2.75) is 65.2 Å². The van der Waals surface area contributed by atoms with Crippen LogP contribution in [0.2, 0.25) is 0 Å². The molecular weight excluding hydrogens is 312 g/mol. The zero-order valence-corrected chi connectivity index (χ0v) is 16.3. The van der Waals surface area contributed by atoms with Gasteiger partial charge in [0.25, 0.3) is 0 Å². The maximum atomic E-state index is 2.52. The van der Waals surface area contributed by atoms with Crippen LogP contribution in [0.3, 0.4) is 0 Å². The molecule has 0 saturated carbocycles. The maximum Gasteiger partial charge on any atom is -0.00776 e. The van der Waals surface area contributed by atoms with Crippen molar-refractivity contribution in [2.75, 3.05) is 0 Å². The van der Waals surface area contributed by atoms with Gasteiger partial charge in [-0.2, -0.15) is 0 Å². The zero-order chi connectivity index (χ0) is 17.8. The molecule has 0 heterocycles. The summed E-state index contributed by atoms with van der Waals surface area (Å²) < 4.78 is 0. The Morgan fingerprint density at radius 1 is 1.04 bits per heavy atom. The Labute approximate surface area is 156 Å². The Balaban J connectivity index is 1.63. The van der Waals surface area contributed by atoms with Crippen molar-refractivity contribution in [3.05, 3.63) is 67.4 Å². The van der Waals surface area contributed by atoms with E-state index in [9.17, 15) is 0 Å². The molecule has 0 aliphatic heterocycles.